The molecule has 1 amide bonds. The standard InChI is InChI=1S/C17H20FNO3S/c1-17(21,13-8-10-23-11-13)12-19-16(20)3-2-9-22-15-6-4-14(18)5-7-15/h4-8,10-11,21H,2-3,9,12H2,1H3,(H,19,20). The van der Waals surface area contributed by atoms with Crippen LogP contribution >= 0.6 is 11.3 Å². The lowest BCUT2D eigenvalue weighted by Gasteiger charge is -2.22. The maximum absolute atomic E-state index is 12.7. The molecule has 0 aliphatic rings. The number of aliphatic hydroxyl groups is 1. The number of amides is 1. The van der Waals surface area contributed by atoms with E-state index in [-0.39, 0.29) is 18.3 Å². The van der Waals surface area contributed by atoms with Crippen molar-refractivity contribution in [3.63, 3.8) is 0 Å². The Bertz CT molecular complexity index is 611. The molecule has 0 spiro atoms. The second-order valence-corrected chi connectivity index (χ2v) is 6.25. The normalized spacial score (nSPS) is 13.3. The second kappa shape index (κ2) is 8.08. The first kappa shape index (κ1) is 17.4. The predicted octanol–water partition coefficient (Wildman–Crippen LogP) is 3.07. The summed E-state index contributed by atoms with van der Waals surface area (Å²) >= 11 is 1.50. The van der Waals surface area contributed by atoms with Crippen molar-refractivity contribution < 1.29 is 19.0 Å². The Morgan fingerprint density at radius 3 is 2.74 bits per heavy atom. The van der Waals surface area contributed by atoms with Gasteiger partial charge in [0.1, 0.15) is 17.2 Å². The van der Waals surface area contributed by atoms with E-state index >= 15 is 0 Å². The van der Waals surface area contributed by atoms with Crippen molar-refractivity contribution in [3.8, 4) is 5.75 Å². The van der Waals surface area contributed by atoms with Crippen LogP contribution in [-0.2, 0) is 10.4 Å². The van der Waals surface area contributed by atoms with Gasteiger partial charge in [0.2, 0.25) is 5.91 Å². The first-order valence-electron chi connectivity index (χ1n) is 7.37. The third-order valence-corrected chi connectivity index (χ3v) is 4.09. The van der Waals surface area contributed by atoms with Crippen molar-refractivity contribution in [1.82, 2.24) is 5.32 Å². The van der Waals surface area contributed by atoms with Crippen LogP contribution in [0.25, 0.3) is 0 Å². The second-order valence-electron chi connectivity index (χ2n) is 5.47. The molecule has 0 saturated carbocycles. The quantitative estimate of drug-likeness (QED) is 0.728. The first-order valence-corrected chi connectivity index (χ1v) is 8.32. The number of hydrogen-bond donors (Lipinski definition) is 2. The molecule has 23 heavy (non-hydrogen) atoms. The number of ether oxygens (including phenoxy) is 1. The van der Waals surface area contributed by atoms with Crippen LogP contribution in [-0.4, -0.2) is 24.2 Å². The summed E-state index contributed by atoms with van der Waals surface area (Å²) in [6, 6.07) is 7.59. The van der Waals surface area contributed by atoms with E-state index < -0.39 is 5.60 Å². The molecular weight excluding hydrogens is 317 g/mol. The molecule has 1 atom stereocenters. The third kappa shape index (κ3) is 5.65. The molecule has 0 radical (unpaired) electrons. The molecule has 0 aliphatic carbocycles. The summed E-state index contributed by atoms with van der Waals surface area (Å²) in [6.45, 7) is 2.22. The highest BCUT2D eigenvalue weighted by atomic mass is 32.1. The van der Waals surface area contributed by atoms with Gasteiger partial charge in [0.05, 0.1) is 13.2 Å². The van der Waals surface area contributed by atoms with E-state index in [1.807, 2.05) is 16.8 Å². The zero-order valence-electron chi connectivity index (χ0n) is 12.9. The van der Waals surface area contributed by atoms with Gasteiger partial charge in [-0.3, -0.25) is 4.79 Å². The van der Waals surface area contributed by atoms with Gasteiger partial charge in [-0.15, -0.1) is 0 Å². The molecule has 0 saturated heterocycles. The van der Waals surface area contributed by atoms with Crippen molar-refractivity contribution in [2.24, 2.45) is 0 Å². The van der Waals surface area contributed by atoms with Crippen molar-refractivity contribution >= 4 is 17.2 Å². The molecule has 6 heteroatoms. The van der Waals surface area contributed by atoms with Gasteiger partial charge in [0.15, 0.2) is 0 Å². The summed E-state index contributed by atoms with van der Waals surface area (Å²) in [5.74, 6) is 0.129. The average molecular weight is 337 g/mol. The first-order chi connectivity index (χ1) is 11.0. The predicted molar refractivity (Wildman–Crippen MR) is 88.0 cm³/mol. The van der Waals surface area contributed by atoms with Gasteiger partial charge in [-0.1, -0.05) is 0 Å². The smallest absolute Gasteiger partial charge is 0.220 e. The molecule has 2 aromatic rings. The van der Waals surface area contributed by atoms with E-state index in [9.17, 15) is 14.3 Å². The maximum Gasteiger partial charge on any atom is 0.220 e. The van der Waals surface area contributed by atoms with Gasteiger partial charge in [-0.05, 0) is 60.0 Å². The summed E-state index contributed by atoms with van der Waals surface area (Å²) in [4.78, 5) is 11.8. The molecule has 1 heterocycles. The van der Waals surface area contributed by atoms with Crippen molar-refractivity contribution in [2.45, 2.75) is 25.4 Å². The lowest BCUT2D eigenvalue weighted by molar-refractivity contribution is -0.122. The molecule has 1 unspecified atom stereocenters. The lowest BCUT2D eigenvalue weighted by Crippen LogP contribution is -2.38. The van der Waals surface area contributed by atoms with Gasteiger partial charge < -0.3 is 15.2 Å². The average Bonchev–Trinajstić information content (AvgIpc) is 3.07. The molecule has 2 rings (SSSR count). The number of hydrogen-bond acceptors (Lipinski definition) is 4. The van der Waals surface area contributed by atoms with E-state index in [4.69, 9.17) is 4.74 Å². The summed E-state index contributed by atoms with van der Waals surface area (Å²) in [5.41, 5.74) is -0.275. The van der Waals surface area contributed by atoms with Crippen molar-refractivity contribution in [1.29, 1.82) is 0 Å². The number of rotatable bonds is 8. The molecule has 4 nitrogen and oxygen atoms in total. The molecule has 1 aromatic carbocycles. The van der Waals surface area contributed by atoms with Crippen molar-refractivity contribution in [2.75, 3.05) is 13.2 Å². The topological polar surface area (TPSA) is 58.6 Å². The SMILES string of the molecule is CC(O)(CNC(=O)CCCOc1ccc(F)cc1)c1ccsc1. The number of benzene rings is 1. The highest BCUT2D eigenvalue weighted by Gasteiger charge is 2.23. The fourth-order valence-corrected chi connectivity index (χ4v) is 2.77. The van der Waals surface area contributed by atoms with Crippen LogP contribution in [0, 0.1) is 5.82 Å². The number of thiophene rings is 1. The largest absolute Gasteiger partial charge is 0.494 e. The molecule has 0 bridgehead atoms. The van der Waals surface area contributed by atoms with E-state index in [0.29, 0.717) is 25.2 Å². The number of carbonyl (C=O) groups excluding carboxylic acids is 1. The summed E-state index contributed by atoms with van der Waals surface area (Å²) in [7, 11) is 0. The van der Waals surface area contributed by atoms with Gasteiger partial charge >= 0.3 is 0 Å². The van der Waals surface area contributed by atoms with Crippen LogP contribution in [0.4, 0.5) is 4.39 Å². The number of nitrogens with one attached hydrogen (secondary N) is 1. The zero-order valence-corrected chi connectivity index (χ0v) is 13.7. The Balaban J connectivity index is 1.64. The number of halogens is 1. The van der Waals surface area contributed by atoms with Crippen LogP contribution in [0.3, 0.4) is 0 Å². The Morgan fingerprint density at radius 2 is 2.09 bits per heavy atom. The molecule has 2 N–H and O–H groups in total. The van der Waals surface area contributed by atoms with Crippen molar-refractivity contribution in [3.05, 3.63) is 52.5 Å². The van der Waals surface area contributed by atoms with Crippen LogP contribution in [0.15, 0.2) is 41.1 Å². The van der Waals surface area contributed by atoms with Crippen LogP contribution in [0.2, 0.25) is 0 Å². The number of carbonyl (C=O) groups is 1. The highest BCUT2D eigenvalue weighted by Crippen LogP contribution is 2.22. The fourth-order valence-electron chi connectivity index (χ4n) is 1.99. The fraction of sp³-hybridized carbons (Fsp3) is 0.353. The Morgan fingerprint density at radius 1 is 1.35 bits per heavy atom. The minimum absolute atomic E-state index is 0.136. The molecule has 124 valence electrons. The Hall–Kier alpha value is -1.92. The van der Waals surface area contributed by atoms with Gasteiger partial charge in [0.25, 0.3) is 0 Å². The molecule has 0 aliphatic heterocycles. The van der Waals surface area contributed by atoms with E-state index in [1.165, 1.54) is 23.5 Å². The highest BCUT2D eigenvalue weighted by molar-refractivity contribution is 7.08. The minimum atomic E-state index is -1.07. The van der Waals surface area contributed by atoms with Crippen LogP contribution < -0.4 is 10.1 Å². The monoisotopic (exact) mass is 337 g/mol. The summed E-state index contributed by atoms with van der Waals surface area (Å²) < 4.78 is 18.2. The van der Waals surface area contributed by atoms with Gasteiger partial charge in [-0.2, -0.15) is 11.3 Å². The van der Waals surface area contributed by atoms with Crippen LogP contribution in [0.5, 0.6) is 5.75 Å². The van der Waals surface area contributed by atoms with Crippen LogP contribution in [0.1, 0.15) is 25.3 Å². The Labute approximate surface area is 138 Å². The van der Waals surface area contributed by atoms with E-state index in [1.54, 1.807) is 19.1 Å². The van der Waals surface area contributed by atoms with Gasteiger partial charge in [0, 0.05) is 6.42 Å². The molecule has 0 fully saturated rings. The minimum Gasteiger partial charge on any atom is -0.494 e. The van der Waals surface area contributed by atoms with E-state index in [0.717, 1.165) is 5.56 Å². The summed E-state index contributed by atoms with van der Waals surface area (Å²) in [5, 5.41) is 16.8. The maximum atomic E-state index is 12.7. The van der Waals surface area contributed by atoms with Gasteiger partial charge in [-0.25, -0.2) is 4.39 Å². The van der Waals surface area contributed by atoms with E-state index in [2.05, 4.69) is 5.32 Å². The zero-order chi connectivity index (χ0) is 16.7. The molecule has 1 aromatic heterocycles. The lowest BCUT2D eigenvalue weighted by atomic mass is 9.99. The Kier molecular flexibility index (Phi) is 6.12. The third-order valence-electron chi connectivity index (χ3n) is 3.40. The summed E-state index contributed by atoms with van der Waals surface area (Å²) in [6.07, 6.45) is 0.852. The molecular formula is C17H20FNO3S.